The molecule has 1 aliphatic heterocycles. The number of hydrogen-bond acceptors (Lipinski definition) is 3. The quantitative estimate of drug-likeness (QED) is 0.811. The number of fused-ring (bicyclic) bond motifs is 1. The van der Waals surface area contributed by atoms with Crippen molar-refractivity contribution in [1.29, 1.82) is 0 Å². The van der Waals surface area contributed by atoms with Crippen LogP contribution in [-0.4, -0.2) is 36.9 Å². The van der Waals surface area contributed by atoms with Gasteiger partial charge >= 0.3 is 0 Å². The maximum absolute atomic E-state index is 14.2. The molecule has 2 aromatic rings. The molecule has 0 saturated heterocycles. The van der Waals surface area contributed by atoms with Crippen LogP contribution in [0.3, 0.4) is 0 Å². The van der Waals surface area contributed by atoms with Gasteiger partial charge in [-0.05, 0) is 61.2 Å². The predicted molar refractivity (Wildman–Crippen MR) is 116 cm³/mol. The number of benzene rings is 2. The summed E-state index contributed by atoms with van der Waals surface area (Å²) >= 11 is 0. The first-order valence-corrected chi connectivity index (χ1v) is 10.5. The van der Waals surface area contributed by atoms with Crippen molar-refractivity contribution in [3.05, 3.63) is 59.4 Å². The Morgan fingerprint density at radius 2 is 1.77 bits per heavy atom. The van der Waals surface area contributed by atoms with Crippen molar-refractivity contribution >= 4 is 23.2 Å². The van der Waals surface area contributed by atoms with Crippen molar-refractivity contribution in [2.24, 2.45) is 11.8 Å². The van der Waals surface area contributed by atoms with Gasteiger partial charge in [-0.1, -0.05) is 6.92 Å². The number of nitrogens with one attached hydrogen (secondary N) is 1. The highest BCUT2D eigenvalue weighted by Gasteiger charge is 2.47. The average molecular weight is 410 g/mol. The number of carbonyl (C=O) groups excluding carboxylic acids is 2. The Kier molecular flexibility index (Phi) is 5.26. The van der Waals surface area contributed by atoms with E-state index in [4.69, 9.17) is 0 Å². The molecule has 30 heavy (non-hydrogen) atoms. The zero-order valence-electron chi connectivity index (χ0n) is 17.9. The SMILES string of the molecule is CC(=O)N1c2ccc(F)cc2[C@H](Nc2ccc(C(=O)N(C)C)cc2)[C@@H](C)C1C1CC1. The van der Waals surface area contributed by atoms with Gasteiger partial charge in [0.25, 0.3) is 5.91 Å². The molecule has 5 nitrogen and oxygen atoms in total. The third kappa shape index (κ3) is 3.66. The molecule has 2 aromatic carbocycles. The van der Waals surface area contributed by atoms with E-state index in [1.165, 1.54) is 12.1 Å². The normalized spacial score (nSPS) is 23.0. The fourth-order valence-corrected chi connectivity index (χ4v) is 4.68. The van der Waals surface area contributed by atoms with Crippen LogP contribution in [0.25, 0.3) is 0 Å². The molecule has 0 spiro atoms. The van der Waals surface area contributed by atoms with Crippen LogP contribution in [0.15, 0.2) is 42.5 Å². The van der Waals surface area contributed by atoms with Gasteiger partial charge in [0, 0.05) is 55.5 Å². The van der Waals surface area contributed by atoms with E-state index in [2.05, 4.69) is 12.2 Å². The summed E-state index contributed by atoms with van der Waals surface area (Å²) in [6, 6.07) is 12.0. The number of rotatable bonds is 4. The molecule has 0 radical (unpaired) electrons. The summed E-state index contributed by atoms with van der Waals surface area (Å²) in [5.74, 6) is 0.223. The van der Waals surface area contributed by atoms with Crippen LogP contribution in [0.4, 0.5) is 15.8 Å². The molecular formula is C24H28FN3O2. The van der Waals surface area contributed by atoms with Gasteiger partial charge in [0.1, 0.15) is 5.82 Å². The molecule has 1 unspecified atom stereocenters. The summed E-state index contributed by atoms with van der Waals surface area (Å²) in [4.78, 5) is 28.1. The molecule has 1 aliphatic carbocycles. The molecule has 0 bridgehead atoms. The Labute approximate surface area is 176 Å². The second-order valence-electron chi connectivity index (χ2n) is 8.68. The van der Waals surface area contributed by atoms with E-state index in [1.807, 2.05) is 17.0 Å². The lowest BCUT2D eigenvalue weighted by atomic mass is 9.79. The molecule has 2 amide bonds. The largest absolute Gasteiger partial charge is 0.378 e. The number of halogens is 1. The minimum absolute atomic E-state index is 0.00314. The molecule has 3 atom stereocenters. The van der Waals surface area contributed by atoms with E-state index in [-0.39, 0.29) is 35.6 Å². The van der Waals surface area contributed by atoms with Gasteiger partial charge in [0.2, 0.25) is 5.91 Å². The Morgan fingerprint density at radius 3 is 2.33 bits per heavy atom. The van der Waals surface area contributed by atoms with Gasteiger partial charge in [-0.2, -0.15) is 0 Å². The number of nitrogens with zero attached hydrogens (tertiary/aromatic N) is 2. The number of amides is 2. The molecule has 6 heteroatoms. The van der Waals surface area contributed by atoms with Crippen molar-refractivity contribution in [2.75, 3.05) is 24.3 Å². The van der Waals surface area contributed by atoms with Gasteiger partial charge in [-0.3, -0.25) is 9.59 Å². The Balaban J connectivity index is 1.70. The standard InChI is InChI=1S/C24H28FN3O2/c1-14-22(26-19-10-7-17(8-11-19)24(30)27(3)4)20-13-18(25)9-12-21(20)28(15(2)29)23(14)16-5-6-16/h7-14,16,22-23,26H,5-6H2,1-4H3/t14-,22-,23?/m1/s1. The minimum Gasteiger partial charge on any atom is -0.378 e. The summed E-state index contributed by atoms with van der Waals surface area (Å²) in [6.45, 7) is 3.72. The Bertz CT molecular complexity index is 969. The van der Waals surface area contributed by atoms with Crippen LogP contribution < -0.4 is 10.2 Å². The van der Waals surface area contributed by atoms with E-state index < -0.39 is 0 Å². The lowest BCUT2D eigenvalue weighted by Gasteiger charge is -2.46. The van der Waals surface area contributed by atoms with Crippen LogP contribution >= 0.6 is 0 Å². The zero-order valence-corrected chi connectivity index (χ0v) is 17.9. The molecule has 158 valence electrons. The fraction of sp³-hybridized carbons (Fsp3) is 0.417. The molecule has 0 aromatic heterocycles. The molecular weight excluding hydrogens is 381 g/mol. The average Bonchev–Trinajstić information content (AvgIpc) is 3.54. The maximum Gasteiger partial charge on any atom is 0.253 e. The number of anilines is 2. The van der Waals surface area contributed by atoms with Crippen LogP contribution in [0, 0.1) is 17.7 Å². The lowest BCUT2D eigenvalue weighted by Crippen LogP contribution is -2.51. The monoisotopic (exact) mass is 409 g/mol. The van der Waals surface area contributed by atoms with Gasteiger partial charge < -0.3 is 15.1 Å². The van der Waals surface area contributed by atoms with E-state index in [1.54, 1.807) is 44.1 Å². The van der Waals surface area contributed by atoms with Crippen LogP contribution in [0.2, 0.25) is 0 Å². The van der Waals surface area contributed by atoms with Crippen LogP contribution in [0.1, 0.15) is 48.7 Å². The highest BCUT2D eigenvalue weighted by Crippen LogP contribution is 2.50. The topological polar surface area (TPSA) is 52.7 Å². The number of carbonyl (C=O) groups is 2. The van der Waals surface area contributed by atoms with E-state index in [9.17, 15) is 14.0 Å². The molecule has 1 fully saturated rings. The summed E-state index contributed by atoms with van der Waals surface area (Å²) in [5, 5.41) is 3.55. The molecule has 1 heterocycles. The van der Waals surface area contributed by atoms with Crippen molar-refractivity contribution < 1.29 is 14.0 Å². The van der Waals surface area contributed by atoms with Gasteiger partial charge in [0.15, 0.2) is 0 Å². The van der Waals surface area contributed by atoms with Crippen molar-refractivity contribution in [3.63, 3.8) is 0 Å². The summed E-state index contributed by atoms with van der Waals surface area (Å²) in [6.07, 6.45) is 2.23. The van der Waals surface area contributed by atoms with Gasteiger partial charge in [0.05, 0.1) is 6.04 Å². The first-order valence-electron chi connectivity index (χ1n) is 10.5. The predicted octanol–water partition coefficient (Wildman–Crippen LogP) is 4.46. The molecule has 2 aliphatic rings. The minimum atomic E-state index is -0.312. The first kappa shape index (κ1) is 20.4. The third-order valence-electron chi connectivity index (χ3n) is 6.25. The zero-order chi connectivity index (χ0) is 21.6. The van der Waals surface area contributed by atoms with E-state index in [0.29, 0.717) is 11.5 Å². The van der Waals surface area contributed by atoms with E-state index >= 15 is 0 Å². The summed E-state index contributed by atoms with van der Waals surface area (Å²) < 4.78 is 14.2. The fourth-order valence-electron chi connectivity index (χ4n) is 4.68. The smallest absolute Gasteiger partial charge is 0.253 e. The highest BCUT2D eigenvalue weighted by molar-refractivity contribution is 5.95. The van der Waals surface area contributed by atoms with Crippen LogP contribution in [0.5, 0.6) is 0 Å². The first-order chi connectivity index (χ1) is 14.3. The second kappa shape index (κ2) is 7.74. The summed E-state index contributed by atoms with van der Waals surface area (Å²) in [5.41, 5.74) is 3.06. The highest BCUT2D eigenvalue weighted by atomic mass is 19.1. The third-order valence-corrected chi connectivity index (χ3v) is 6.25. The second-order valence-corrected chi connectivity index (χ2v) is 8.68. The molecule has 1 saturated carbocycles. The van der Waals surface area contributed by atoms with Crippen LogP contribution in [-0.2, 0) is 4.79 Å². The van der Waals surface area contributed by atoms with Crippen molar-refractivity contribution in [1.82, 2.24) is 4.90 Å². The van der Waals surface area contributed by atoms with Crippen molar-refractivity contribution in [2.45, 2.75) is 38.8 Å². The van der Waals surface area contributed by atoms with Gasteiger partial charge in [-0.15, -0.1) is 0 Å². The molecule has 4 rings (SSSR count). The molecule has 1 N–H and O–H groups in total. The maximum atomic E-state index is 14.2. The van der Waals surface area contributed by atoms with Crippen molar-refractivity contribution in [3.8, 4) is 0 Å². The number of hydrogen-bond donors (Lipinski definition) is 1. The summed E-state index contributed by atoms with van der Waals surface area (Å²) in [7, 11) is 3.45. The van der Waals surface area contributed by atoms with E-state index in [0.717, 1.165) is 29.8 Å². The lowest BCUT2D eigenvalue weighted by molar-refractivity contribution is -0.117. The Morgan fingerprint density at radius 1 is 1.10 bits per heavy atom. The Hall–Kier alpha value is -2.89. The van der Waals surface area contributed by atoms with Gasteiger partial charge in [-0.25, -0.2) is 4.39 Å².